The lowest BCUT2D eigenvalue weighted by Crippen LogP contribution is -2.41. The average molecular weight is 342 g/mol. The van der Waals surface area contributed by atoms with Crippen LogP contribution in [0.4, 0.5) is 0 Å². The molecule has 2 aromatic rings. The Labute approximate surface area is 144 Å². The second kappa shape index (κ2) is 8.58. The number of nitrogens with zero attached hydrogens (tertiary/aromatic N) is 1. The number of aromatic nitrogens is 1. The van der Waals surface area contributed by atoms with Gasteiger partial charge in [0, 0.05) is 17.7 Å². The number of esters is 2. The molecule has 0 aliphatic heterocycles. The Kier molecular flexibility index (Phi) is 6.22. The summed E-state index contributed by atoms with van der Waals surface area (Å²) in [5, 5.41) is 3.40. The lowest BCUT2D eigenvalue weighted by molar-refractivity contribution is -0.143. The summed E-state index contributed by atoms with van der Waals surface area (Å²) in [4.78, 5) is 39.5. The highest BCUT2D eigenvalue weighted by molar-refractivity contribution is 5.99. The summed E-state index contributed by atoms with van der Waals surface area (Å²) >= 11 is 0. The van der Waals surface area contributed by atoms with Gasteiger partial charge in [-0.3, -0.25) is 9.78 Å². The third kappa shape index (κ3) is 4.87. The van der Waals surface area contributed by atoms with Crippen molar-refractivity contribution in [2.75, 3.05) is 14.2 Å². The highest BCUT2D eigenvalue weighted by Gasteiger charge is 2.21. The average Bonchev–Trinajstić information content (AvgIpc) is 2.65. The maximum Gasteiger partial charge on any atom is 0.330 e. The minimum atomic E-state index is -0.926. The van der Waals surface area contributed by atoms with Crippen molar-refractivity contribution >= 4 is 28.7 Å². The van der Waals surface area contributed by atoms with Crippen molar-refractivity contribution in [3.63, 3.8) is 0 Å². The van der Waals surface area contributed by atoms with Crippen LogP contribution in [0.3, 0.4) is 0 Å². The van der Waals surface area contributed by atoms with Crippen LogP contribution in [0.15, 0.2) is 48.7 Å². The Morgan fingerprint density at radius 1 is 1.20 bits per heavy atom. The Hall–Kier alpha value is -3.22. The van der Waals surface area contributed by atoms with Crippen molar-refractivity contribution < 1.29 is 23.9 Å². The molecule has 0 aliphatic carbocycles. The fraction of sp³-hybridized carbons (Fsp3) is 0.222. The van der Waals surface area contributed by atoms with E-state index in [0.29, 0.717) is 5.56 Å². The van der Waals surface area contributed by atoms with Crippen LogP contribution in [-0.2, 0) is 19.1 Å². The number of hydrogen-bond acceptors (Lipinski definition) is 6. The molecule has 0 fully saturated rings. The number of para-hydroxylation sites is 1. The molecule has 0 radical (unpaired) electrons. The largest absolute Gasteiger partial charge is 0.467 e. The van der Waals surface area contributed by atoms with Gasteiger partial charge in [0.25, 0.3) is 5.91 Å². The summed E-state index contributed by atoms with van der Waals surface area (Å²) in [6, 6.07) is 8.15. The van der Waals surface area contributed by atoms with Crippen LogP contribution in [-0.4, -0.2) is 43.1 Å². The van der Waals surface area contributed by atoms with Gasteiger partial charge in [-0.2, -0.15) is 0 Å². The van der Waals surface area contributed by atoms with Crippen molar-refractivity contribution in [1.29, 1.82) is 0 Å². The van der Waals surface area contributed by atoms with Gasteiger partial charge in [0.2, 0.25) is 0 Å². The van der Waals surface area contributed by atoms with Gasteiger partial charge >= 0.3 is 11.9 Å². The van der Waals surface area contributed by atoms with Gasteiger partial charge in [0.05, 0.1) is 25.3 Å². The first-order chi connectivity index (χ1) is 12.0. The fourth-order valence-electron chi connectivity index (χ4n) is 2.16. The molecule has 0 spiro atoms. The third-order valence-corrected chi connectivity index (χ3v) is 3.47. The van der Waals surface area contributed by atoms with Crippen LogP contribution in [0.1, 0.15) is 16.8 Å². The van der Waals surface area contributed by atoms with Gasteiger partial charge in [-0.1, -0.05) is 24.3 Å². The van der Waals surface area contributed by atoms with Crippen LogP contribution >= 0.6 is 0 Å². The molecular weight excluding hydrogens is 324 g/mol. The lowest BCUT2D eigenvalue weighted by atomic mass is 10.1. The minimum Gasteiger partial charge on any atom is -0.467 e. The topological polar surface area (TPSA) is 94.6 Å². The van der Waals surface area contributed by atoms with E-state index >= 15 is 0 Å². The van der Waals surface area contributed by atoms with Gasteiger partial charge < -0.3 is 14.8 Å². The first kappa shape index (κ1) is 18.1. The summed E-state index contributed by atoms with van der Waals surface area (Å²) < 4.78 is 9.16. The molecule has 1 heterocycles. The number of rotatable bonds is 6. The normalized spacial score (nSPS) is 11.9. The number of nitrogens with one attached hydrogen (secondary N) is 1. The van der Waals surface area contributed by atoms with E-state index in [2.05, 4.69) is 19.8 Å². The van der Waals surface area contributed by atoms with E-state index in [-0.39, 0.29) is 6.42 Å². The molecular formula is C18H18N2O5. The number of hydrogen-bond donors (Lipinski definition) is 1. The monoisotopic (exact) mass is 342 g/mol. The number of carbonyl (C=O) groups is 3. The second-order valence-electron chi connectivity index (χ2n) is 5.13. The molecule has 1 amide bonds. The van der Waals surface area contributed by atoms with Crippen molar-refractivity contribution in [1.82, 2.24) is 10.3 Å². The Bertz CT molecular complexity index is 816. The first-order valence-corrected chi connectivity index (χ1v) is 7.53. The van der Waals surface area contributed by atoms with Gasteiger partial charge in [-0.25, -0.2) is 9.59 Å². The summed E-state index contributed by atoms with van der Waals surface area (Å²) in [7, 11) is 2.47. The smallest absolute Gasteiger partial charge is 0.330 e. The standard InChI is InChI=1S/C18H18N2O5/c1-24-16(21)9-5-8-15(18(23)25-2)20-17(22)13-10-12-6-3-4-7-14(12)19-11-13/h3-7,9-11,15H,8H2,1-2H3,(H,20,22)/b9-5+/t15-/m0/s1. The molecule has 1 atom stereocenters. The fourth-order valence-corrected chi connectivity index (χ4v) is 2.16. The molecule has 0 saturated heterocycles. The number of benzene rings is 1. The molecule has 0 bridgehead atoms. The second-order valence-corrected chi connectivity index (χ2v) is 5.13. The van der Waals surface area contributed by atoms with Crippen LogP contribution in [0.5, 0.6) is 0 Å². The summed E-state index contributed by atoms with van der Waals surface area (Å²) in [5.41, 5.74) is 1.09. The van der Waals surface area contributed by atoms with E-state index < -0.39 is 23.9 Å². The van der Waals surface area contributed by atoms with Crippen molar-refractivity contribution in [3.8, 4) is 0 Å². The van der Waals surface area contributed by atoms with Crippen molar-refractivity contribution in [2.24, 2.45) is 0 Å². The van der Waals surface area contributed by atoms with Crippen LogP contribution in [0, 0.1) is 0 Å². The molecule has 2 rings (SSSR count). The van der Waals surface area contributed by atoms with Crippen LogP contribution in [0.25, 0.3) is 10.9 Å². The van der Waals surface area contributed by atoms with E-state index in [1.807, 2.05) is 24.3 Å². The van der Waals surface area contributed by atoms with Crippen molar-refractivity contribution in [3.05, 3.63) is 54.2 Å². The van der Waals surface area contributed by atoms with Gasteiger partial charge in [0.15, 0.2) is 0 Å². The van der Waals surface area contributed by atoms with E-state index in [1.54, 1.807) is 6.07 Å². The van der Waals surface area contributed by atoms with Crippen LogP contribution < -0.4 is 5.32 Å². The number of amides is 1. The molecule has 1 aromatic carbocycles. The number of fused-ring (bicyclic) bond motifs is 1. The molecule has 1 N–H and O–H groups in total. The number of carbonyl (C=O) groups excluding carboxylic acids is 3. The summed E-state index contributed by atoms with van der Waals surface area (Å²) in [6.45, 7) is 0. The molecule has 0 saturated carbocycles. The van der Waals surface area contributed by atoms with Gasteiger partial charge in [0.1, 0.15) is 6.04 Å². The summed E-state index contributed by atoms with van der Waals surface area (Å²) in [6.07, 6.45) is 4.15. The quantitative estimate of drug-likeness (QED) is 0.633. The highest BCUT2D eigenvalue weighted by Crippen LogP contribution is 2.13. The van der Waals surface area contributed by atoms with Crippen molar-refractivity contribution in [2.45, 2.75) is 12.5 Å². The minimum absolute atomic E-state index is 0.0918. The van der Waals surface area contributed by atoms with E-state index in [0.717, 1.165) is 10.9 Å². The first-order valence-electron chi connectivity index (χ1n) is 7.53. The third-order valence-electron chi connectivity index (χ3n) is 3.47. The zero-order valence-electron chi connectivity index (χ0n) is 13.9. The number of methoxy groups -OCH3 is 2. The summed E-state index contributed by atoms with van der Waals surface area (Å²) in [5.74, 6) is -1.62. The van der Waals surface area contributed by atoms with Gasteiger partial charge in [-0.05, 0) is 18.6 Å². The molecule has 0 aliphatic rings. The maximum absolute atomic E-state index is 12.4. The Morgan fingerprint density at radius 2 is 1.96 bits per heavy atom. The molecule has 7 heteroatoms. The predicted molar refractivity (Wildman–Crippen MR) is 90.8 cm³/mol. The highest BCUT2D eigenvalue weighted by atomic mass is 16.5. The Morgan fingerprint density at radius 3 is 2.68 bits per heavy atom. The molecule has 25 heavy (non-hydrogen) atoms. The van der Waals surface area contributed by atoms with E-state index in [1.165, 1.54) is 32.6 Å². The zero-order valence-corrected chi connectivity index (χ0v) is 13.9. The molecule has 7 nitrogen and oxygen atoms in total. The molecule has 0 unspecified atom stereocenters. The van der Waals surface area contributed by atoms with E-state index in [4.69, 9.17) is 0 Å². The molecule has 130 valence electrons. The Balaban J connectivity index is 2.12. The number of ether oxygens (including phenoxy) is 2. The van der Waals surface area contributed by atoms with E-state index in [9.17, 15) is 14.4 Å². The lowest BCUT2D eigenvalue weighted by Gasteiger charge is -2.15. The van der Waals surface area contributed by atoms with Crippen LogP contribution in [0.2, 0.25) is 0 Å². The SMILES string of the molecule is COC(=O)/C=C/C[C@H](NC(=O)c1cnc2ccccc2c1)C(=O)OC. The predicted octanol–water partition coefficient (Wildman–Crippen LogP) is 1.63. The van der Waals surface area contributed by atoms with Gasteiger partial charge in [-0.15, -0.1) is 0 Å². The zero-order chi connectivity index (χ0) is 18.2. The molecule has 1 aromatic heterocycles. The number of pyridine rings is 1. The maximum atomic E-state index is 12.4.